The smallest absolute Gasteiger partial charge is 0.214 e. The molecule has 0 amide bonds. The van der Waals surface area contributed by atoms with Crippen LogP contribution in [0.5, 0.6) is 0 Å². The molecule has 0 bridgehead atoms. The molecule has 0 aromatic carbocycles. The SMILES string of the molecule is CCCNCCCS(=O)(=O)N(CC)C(C)CC. The molecule has 4 nitrogen and oxygen atoms in total. The Hall–Kier alpha value is -0.130. The summed E-state index contributed by atoms with van der Waals surface area (Å²) in [6, 6.07) is 0.105. The predicted octanol–water partition coefficient (Wildman–Crippen LogP) is 1.83. The second-order valence-electron chi connectivity index (χ2n) is 4.38. The van der Waals surface area contributed by atoms with Crippen molar-refractivity contribution in [2.45, 2.75) is 53.0 Å². The van der Waals surface area contributed by atoms with Gasteiger partial charge in [-0.2, -0.15) is 4.31 Å². The van der Waals surface area contributed by atoms with Crippen molar-refractivity contribution >= 4 is 10.0 Å². The van der Waals surface area contributed by atoms with Gasteiger partial charge in [-0.05, 0) is 39.3 Å². The van der Waals surface area contributed by atoms with Gasteiger partial charge in [-0.1, -0.05) is 20.8 Å². The average Bonchev–Trinajstić information content (AvgIpc) is 2.29. The van der Waals surface area contributed by atoms with Crippen molar-refractivity contribution < 1.29 is 8.42 Å². The van der Waals surface area contributed by atoms with Crippen LogP contribution in [0, 0.1) is 0 Å². The molecule has 0 rings (SSSR count). The van der Waals surface area contributed by atoms with E-state index in [0.29, 0.717) is 13.0 Å². The minimum Gasteiger partial charge on any atom is -0.317 e. The van der Waals surface area contributed by atoms with Gasteiger partial charge < -0.3 is 5.32 Å². The van der Waals surface area contributed by atoms with E-state index >= 15 is 0 Å². The number of nitrogens with zero attached hydrogens (tertiary/aromatic N) is 1. The van der Waals surface area contributed by atoms with Crippen LogP contribution >= 0.6 is 0 Å². The highest BCUT2D eigenvalue weighted by Gasteiger charge is 2.23. The summed E-state index contributed by atoms with van der Waals surface area (Å²) in [6.45, 7) is 10.3. The molecule has 0 fully saturated rings. The maximum absolute atomic E-state index is 12.1. The number of hydrogen-bond acceptors (Lipinski definition) is 3. The Morgan fingerprint density at radius 1 is 1.18 bits per heavy atom. The van der Waals surface area contributed by atoms with Crippen LogP contribution in [0.4, 0.5) is 0 Å². The van der Waals surface area contributed by atoms with E-state index in [2.05, 4.69) is 12.2 Å². The van der Waals surface area contributed by atoms with Crippen LogP contribution < -0.4 is 5.32 Å². The Morgan fingerprint density at radius 2 is 1.82 bits per heavy atom. The lowest BCUT2D eigenvalue weighted by Crippen LogP contribution is -2.40. The molecular formula is C12H28N2O2S. The van der Waals surface area contributed by atoms with Crippen LogP contribution in [-0.4, -0.2) is 44.2 Å². The summed E-state index contributed by atoms with van der Waals surface area (Å²) in [4.78, 5) is 0. The van der Waals surface area contributed by atoms with E-state index in [0.717, 1.165) is 25.9 Å². The van der Waals surface area contributed by atoms with E-state index in [1.54, 1.807) is 4.31 Å². The summed E-state index contributed by atoms with van der Waals surface area (Å²) in [5.41, 5.74) is 0. The largest absolute Gasteiger partial charge is 0.317 e. The van der Waals surface area contributed by atoms with Crippen LogP contribution in [0.2, 0.25) is 0 Å². The number of sulfonamides is 1. The fourth-order valence-corrected chi connectivity index (χ4v) is 3.62. The van der Waals surface area contributed by atoms with Gasteiger partial charge in [0, 0.05) is 12.6 Å². The van der Waals surface area contributed by atoms with Crippen LogP contribution in [0.3, 0.4) is 0 Å². The van der Waals surface area contributed by atoms with E-state index in [1.807, 2.05) is 20.8 Å². The van der Waals surface area contributed by atoms with Crippen LogP contribution in [0.25, 0.3) is 0 Å². The van der Waals surface area contributed by atoms with Crippen molar-refractivity contribution in [3.63, 3.8) is 0 Å². The first-order valence-electron chi connectivity index (χ1n) is 6.69. The molecule has 0 spiro atoms. The minimum atomic E-state index is -3.08. The summed E-state index contributed by atoms with van der Waals surface area (Å²) >= 11 is 0. The van der Waals surface area contributed by atoms with E-state index in [9.17, 15) is 8.42 Å². The normalized spacial score (nSPS) is 14.2. The first-order valence-corrected chi connectivity index (χ1v) is 8.30. The second-order valence-corrected chi connectivity index (χ2v) is 6.42. The fraction of sp³-hybridized carbons (Fsp3) is 1.00. The molecule has 1 unspecified atom stereocenters. The third kappa shape index (κ3) is 6.38. The predicted molar refractivity (Wildman–Crippen MR) is 73.7 cm³/mol. The zero-order valence-electron chi connectivity index (χ0n) is 11.7. The van der Waals surface area contributed by atoms with Gasteiger partial charge in [-0.25, -0.2) is 8.42 Å². The molecule has 0 aromatic rings. The topological polar surface area (TPSA) is 49.4 Å². The highest BCUT2D eigenvalue weighted by molar-refractivity contribution is 7.89. The minimum absolute atomic E-state index is 0.105. The van der Waals surface area contributed by atoms with Crippen molar-refractivity contribution in [2.24, 2.45) is 0 Å². The first kappa shape index (κ1) is 16.9. The lowest BCUT2D eigenvalue weighted by Gasteiger charge is -2.26. The molecular weight excluding hydrogens is 236 g/mol. The van der Waals surface area contributed by atoms with E-state index in [1.165, 1.54) is 0 Å². The molecule has 17 heavy (non-hydrogen) atoms. The van der Waals surface area contributed by atoms with Crippen LogP contribution in [-0.2, 0) is 10.0 Å². The van der Waals surface area contributed by atoms with E-state index in [-0.39, 0.29) is 11.8 Å². The van der Waals surface area contributed by atoms with Crippen molar-refractivity contribution in [3.05, 3.63) is 0 Å². The van der Waals surface area contributed by atoms with Gasteiger partial charge in [0.2, 0.25) is 10.0 Å². The van der Waals surface area contributed by atoms with Gasteiger partial charge in [0.15, 0.2) is 0 Å². The molecule has 0 heterocycles. The molecule has 1 atom stereocenters. The van der Waals surface area contributed by atoms with Crippen LogP contribution in [0.1, 0.15) is 47.0 Å². The molecule has 5 heteroatoms. The highest BCUT2D eigenvalue weighted by atomic mass is 32.2. The molecule has 0 radical (unpaired) electrons. The van der Waals surface area contributed by atoms with E-state index in [4.69, 9.17) is 0 Å². The van der Waals surface area contributed by atoms with Crippen molar-refractivity contribution in [1.82, 2.24) is 9.62 Å². The Labute approximate surface area is 107 Å². The van der Waals surface area contributed by atoms with Gasteiger partial charge in [0.05, 0.1) is 5.75 Å². The molecule has 0 aliphatic heterocycles. The van der Waals surface area contributed by atoms with Gasteiger partial charge >= 0.3 is 0 Å². The first-order chi connectivity index (χ1) is 7.99. The van der Waals surface area contributed by atoms with Gasteiger partial charge in [-0.15, -0.1) is 0 Å². The third-order valence-corrected chi connectivity index (χ3v) is 5.07. The lowest BCUT2D eigenvalue weighted by atomic mass is 10.3. The Balaban J connectivity index is 4.16. The van der Waals surface area contributed by atoms with Crippen molar-refractivity contribution in [2.75, 3.05) is 25.4 Å². The Kier molecular flexibility index (Phi) is 8.82. The summed E-state index contributed by atoms with van der Waals surface area (Å²) < 4.78 is 25.8. The quantitative estimate of drug-likeness (QED) is 0.612. The standard InChI is InChI=1S/C12H28N2O2S/c1-5-9-13-10-8-11-17(15,16)14(7-3)12(4)6-2/h12-13H,5-11H2,1-4H3. The number of hydrogen-bond donors (Lipinski definition) is 1. The second kappa shape index (κ2) is 8.89. The summed E-state index contributed by atoms with van der Waals surface area (Å²) in [5, 5.41) is 3.22. The maximum Gasteiger partial charge on any atom is 0.214 e. The number of nitrogens with one attached hydrogen (secondary N) is 1. The average molecular weight is 264 g/mol. The molecule has 0 saturated carbocycles. The third-order valence-electron chi connectivity index (χ3n) is 2.93. The maximum atomic E-state index is 12.1. The molecule has 104 valence electrons. The monoisotopic (exact) mass is 264 g/mol. The van der Waals surface area contributed by atoms with Crippen molar-refractivity contribution in [1.29, 1.82) is 0 Å². The van der Waals surface area contributed by atoms with E-state index < -0.39 is 10.0 Å². The number of rotatable bonds is 10. The summed E-state index contributed by atoms with van der Waals surface area (Å²) in [5.74, 6) is 0.252. The van der Waals surface area contributed by atoms with Gasteiger partial charge in [0.1, 0.15) is 0 Å². The zero-order chi connectivity index (χ0) is 13.3. The molecule has 0 aromatic heterocycles. The van der Waals surface area contributed by atoms with Crippen molar-refractivity contribution in [3.8, 4) is 0 Å². The van der Waals surface area contributed by atoms with Gasteiger partial charge in [0.25, 0.3) is 0 Å². The molecule has 0 aliphatic carbocycles. The fourth-order valence-electron chi connectivity index (χ4n) is 1.78. The van der Waals surface area contributed by atoms with Crippen LogP contribution in [0.15, 0.2) is 0 Å². The molecule has 0 aliphatic rings. The highest BCUT2D eigenvalue weighted by Crippen LogP contribution is 2.10. The Bertz CT molecular complexity index is 278. The molecule has 0 saturated heterocycles. The summed E-state index contributed by atoms with van der Waals surface area (Å²) in [6.07, 6.45) is 2.64. The zero-order valence-corrected chi connectivity index (χ0v) is 12.5. The molecule has 1 N–H and O–H groups in total. The van der Waals surface area contributed by atoms with Gasteiger partial charge in [-0.3, -0.25) is 0 Å². The Morgan fingerprint density at radius 3 is 2.29 bits per heavy atom. The summed E-state index contributed by atoms with van der Waals surface area (Å²) in [7, 11) is -3.08. The lowest BCUT2D eigenvalue weighted by molar-refractivity contribution is 0.342.